The molecule has 3 aromatic rings. The highest BCUT2D eigenvalue weighted by Gasteiger charge is 2.11. The number of nitrogens with one attached hydrogen (secondary N) is 1. The van der Waals surface area contributed by atoms with E-state index in [1.165, 1.54) is 16.7 Å². The average molecular weight is 357 g/mol. The van der Waals surface area contributed by atoms with Crippen molar-refractivity contribution < 1.29 is 9.18 Å². The Hall–Kier alpha value is -2.67. The fourth-order valence-electron chi connectivity index (χ4n) is 2.33. The first-order chi connectivity index (χ1) is 12.0. The summed E-state index contributed by atoms with van der Waals surface area (Å²) in [4.78, 5) is 28.6. The Morgan fingerprint density at radius 3 is 2.68 bits per heavy atom. The zero-order valence-electron chi connectivity index (χ0n) is 13.5. The van der Waals surface area contributed by atoms with E-state index < -0.39 is 0 Å². The number of nitrogens with zero attached hydrogens (tertiary/aromatic N) is 2. The van der Waals surface area contributed by atoms with E-state index in [-0.39, 0.29) is 28.1 Å². The monoisotopic (exact) mass is 357 g/mol. The van der Waals surface area contributed by atoms with Crippen molar-refractivity contribution >= 4 is 28.7 Å². The van der Waals surface area contributed by atoms with Crippen molar-refractivity contribution in [2.75, 3.05) is 5.75 Å². The molecule has 0 fully saturated rings. The van der Waals surface area contributed by atoms with Crippen molar-refractivity contribution in [3.63, 3.8) is 0 Å². The number of para-hydroxylation sites is 2. The topological polar surface area (TPSA) is 64.0 Å². The number of carbonyl (C=O) groups excluding carboxylic acids is 1. The minimum Gasteiger partial charge on any atom is -0.351 e. The number of thioether (sulfide) groups is 1. The lowest BCUT2D eigenvalue weighted by molar-refractivity contribution is -0.118. The summed E-state index contributed by atoms with van der Waals surface area (Å²) >= 11 is 1.11. The van der Waals surface area contributed by atoms with Crippen LogP contribution >= 0.6 is 11.8 Å². The van der Waals surface area contributed by atoms with Crippen molar-refractivity contribution in [3.05, 3.63) is 70.3 Å². The van der Waals surface area contributed by atoms with Gasteiger partial charge in [-0.1, -0.05) is 36.0 Å². The Morgan fingerprint density at radius 1 is 1.20 bits per heavy atom. The lowest BCUT2D eigenvalue weighted by Gasteiger charge is -2.08. The number of amides is 1. The maximum Gasteiger partial charge on any atom is 0.283 e. The zero-order valence-corrected chi connectivity index (χ0v) is 14.3. The minimum atomic E-state index is -0.316. The molecule has 0 aliphatic rings. The van der Waals surface area contributed by atoms with Gasteiger partial charge in [0, 0.05) is 13.6 Å². The lowest BCUT2D eigenvalue weighted by atomic mass is 10.2. The number of carbonyl (C=O) groups is 1. The van der Waals surface area contributed by atoms with Gasteiger partial charge in [-0.25, -0.2) is 9.37 Å². The van der Waals surface area contributed by atoms with Gasteiger partial charge < -0.3 is 9.88 Å². The molecule has 0 radical (unpaired) electrons. The highest BCUT2D eigenvalue weighted by molar-refractivity contribution is 7.99. The predicted octanol–water partition coefficient (Wildman–Crippen LogP) is 2.48. The fourth-order valence-corrected chi connectivity index (χ4v) is 3.13. The summed E-state index contributed by atoms with van der Waals surface area (Å²) in [7, 11) is 1.69. The minimum absolute atomic E-state index is 0.0851. The molecule has 128 valence electrons. The van der Waals surface area contributed by atoms with Gasteiger partial charge in [0.05, 0.1) is 16.8 Å². The molecule has 1 aromatic heterocycles. The van der Waals surface area contributed by atoms with E-state index in [0.29, 0.717) is 12.1 Å². The third-order valence-electron chi connectivity index (χ3n) is 3.70. The first-order valence-electron chi connectivity index (χ1n) is 7.64. The summed E-state index contributed by atoms with van der Waals surface area (Å²) in [6.45, 7) is 0.308. The molecule has 5 nitrogen and oxygen atoms in total. The first-order valence-corrected chi connectivity index (χ1v) is 8.63. The van der Waals surface area contributed by atoms with Gasteiger partial charge in [-0.3, -0.25) is 9.59 Å². The van der Waals surface area contributed by atoms with Crippen molar-refractivity contribution in [1.29, 1.82) is 0 Å². The van der Waals surface area contributed by atoms with Crippen molar-refractivity contribution in [2.24, 2.45) is 7.05 Å². The number of halogens is 1. The molecule has 0 aliphatic heterocycles. The van der Waals surface area contributed by atoms with E-state index in [1.54, 1.807) is 19.2 Å². The number of hydrogen-bond donors (Lipinski definition) is 1. The molecule has 0 unspecified atom stereocenters. The number of rotatable bonds is 5. The molecule has 3 rings (SSSR count). The molecular formula is C18H16FN3O2S. The summed E-state index contributed by atoms with van der Waals surface area (Å²) in [5.74, 6) is -0.447. The second-order valence-corrected chi connectivity index (χ2v) is 6.43. The Labute approximate surface area is 147 Å². The van der Waals surface area contributed by atoms with E-state index >= 15 is 0 Å². The second kappa shape index (κ2) is 7.48. The van der Waals surface area contributed by atoms with Crippen LogP contribution in [0.3, 0.4) is 0 Å². The first kappa shape index (κ1) is 17.2. The lowest BCUT2D eigenvalue weighted by Crippen LogP contribution is -2.26. The van der Waals surface area contributed by atoms with Crippen LogP contribution in [-0.4, -0.2) is 21.2 Å². The summed E-state index contributed by atoms with van der Waals surface area (Å²) in [6, 6.07) is 13.3. The molecule has 25 heavy (non-hydrogen) atoms. The highest BCUT2D eigenvalue weighted by Crippen LogP contribution is 2.15. The molecule has 0 saturated heterocycles. The zero-order chi connectivity index (χ0) is 17.8. The summed E-state index contributed by atoms with van der Waals surface area (Å²) in [6.07, 6.45) is 0. The smallest absolute Gasteiger partial charge is 0.283 e. The van der Waals surface area contributed by atoms with E-state index in [1.807, 2.05) is 24.3 Å². The van der Waals surface area contributed by atoms with Crippen molar-refractivity contribution in [2.45, 2.75) is 11.6 Å². The predicted molar refractivity (Wildman–Crippen MR) is 96.0 cm³/mol. The van der Waals surface area contributed by atoms with Crippen molar-refractivity contribution in [1.82, 2.24) is 14.9 Å². The quantitative estimate of drug-likeness (QED) is 0.713. The summed E-state index contributed by atoms with van der Waals surface area (Å²) in [5.41, 5.74) is 2.03. The summed E-state index contributed by atoms with van der Waals surface area (Å²) < 4.78 is 14.4. The van der Waals surface area contributed by atoms with Crippen LogP contribution < -0.4 is 10.9 Å². The number of benzene rings is 2. The normalized spacial score (nSPS) is 10.8. The van der Waals surface area contributed by atoms with Crippen LogP contribution in [0.5, 0.6) is 0 Å². The Kier molecular flexibility index (Phi) is 5.14. The molecular weight excluding hydrogens is 341 g/mol. The maximum atomic E-state index is 12.8. The number of aryl methyl sites for hydroxylation is 1. The third-order valence-corrected chi connectivity index (χ3v) is 4.64. The van der Waals surface area contributed by atoms with E-state index in [4.69, 9.17) is 0 Å². The summed E-state index contributed by atoms with van der Waals surface area (Å²) in [5, 5.41) is 3.03. The number of fused-ring (bicyclic) bond motifs is 1. The molecule has 0 spiro atoms. The maximum absolute atomic E-state index is 12.8. The second-order valence-electron chi connectivity index (χ2n) is 5.46. The van der Waals surface area contributed by atoms with Crippen LogP contribution in [0.4, 0.5) is 4.39 Å². The van der Waals surface area contributed by atoms with Crippen LogP contribution in [0.25, 0.3) is 11.0 Å². The molecule has 0 saturated carbocycles. The van der Waals surface area contributed by atoms with Gasteiger partial charge in [0.15, 0.2) is 5.03 Å². The van der Waals surface area contributed by atoms with Gasteiger partial charge in [-0.15, -0.1) is 0 Å². The average Bonchev–Trinajstić information content (AvgIpc) is 2.63. The largest absolute Gasteiger partial charge is 0.351 e. The van der Waals surface area contributed by atoms with Gasteiger partial charge >= 0.3 is 0 Å². The van der Waals surface area contributed by atoms with Gasteiger partial charge in [0.2, 0.25) is 5.91 Å². The van der Waals surface area contributed by atoms with E-state index in [9.17, 15) is 14.0 Å². The van der Waals surface area contributed by atoms with Gasteiger partial charge in [0.25, 0.3) is 5.56 Å². The third kappa shape index (κ3) is 4.06. The molecule has 1 amide bonds. The SMILES string of the molecule is Cn1c(=O)c(SCC(=O)NCc2ccc(F)cc2)nc2ccccc21. The molecule has 0 aliphatic carbocycles. The molecule has 2 aromatic carbocycles. The molecule has 1 heterocycles. The van der Waals surface area contributed by atoms with Crippen LogP contribution in [0.1, 0.15) is 5.56 Å². The standard InChI is InChI=1S/C18H16FN3O2S/c1-22-15-5-3-2-4-14(15)21-17(18(22)24)25-11-16(23)20-10-12-6-8-13(19)9-7-12/h2-9H,10-11H2,1H3,(H,20,23). The number of aromatic nitrogens is 2. The molecule has 0 atom stereocenters. The van der Waals surface area contributed by atoms with Gasteiger partial charge in [-0.05, 0) is 29.8 Å². The van der Waals surface area contributed by atoms with Crippen LogP contribution in [0.15, 0.2) is 58.4 Å². The fraction of sp³-hybridized carbons (Fsp3) is 0.167. The Morgan fingerprint density at radius 2 is 1.92 bits per heavy atom. The Bertz CT molecular complexity index is 970. The van der Waals surface area contributed by atoms with Crippen molar-refractivity contribution in [3.8, 4) is 0 Å². The van der Waals surface area contributed by atoms with Gasteiger partial charge in [0.1, 0.15) is 5.82 Å². The molecule has 1 N–H and O–H groups in total. The van der Waals surface area contributed by atoms with Crippen LogP contribution in [0, 0.1) is 5.82 Å². The molecule has 7 heteroatoms. The Balaban J connectivity index is 1.64. The number of hydrogen-bond acceptors (Lipinski definition) is 4. The van der Waals surface area contributed by atoms with Gasteiger partial charge in [-0.2, -0.15) is 0 Å². The highest BCUT2D eigenvalue weighted by atomic mass is 32.2. The van der Waals surface area contributed by atoms with E-state index in [0.717, 1.165) is 22.8 Å². The molecule has 0 bridgehead atoms. The van der Waals surface area contributed by atoms with Crippen LogP contribution in [-0.2, 0) is 18.4 Å². The van der Waals surface area contributed by atoms with E-state index in [2.05, 4.69) is 10.3 Å². The van der Waals surface area contributed by atoms with Crippen LogP contribution in [0.2, 0.25) is 0 Å².